The number of benzene rings is 3. The minimum absolute atomic E-state index is 0.00442. The number of ether oxygens (including phenoxy) is 4. The van der Waals surface area contributed by atoms with E-state index in [2.05, 4.69) is 23.1 Å². The summed E-state index contributed by atoms with van der Waals surface area (Å²) >= 11 is 0. The highest BCUT2D eigenvalue weighted by Gasteiger charge is 2.65. The van der Waals surface area contributed by atoms with Crippen LogP contribution in [0.25, 0.3) is 0 Å². The Labute approximate surface area is 360 Å². The van der Waals surface area contributed by atoms with Gasteiger partial charge in [0.05, 0.1) is 23.2 Å². The maximum Gasteiger partial charge on any atom is 0.416 e. The van der Waals surface area contributed by atoms with E-state index in [0.29, 0.717) is 55.0 Å². The molecule has 62 heavy (non-hydrogen) atoms. The number of halogens is 1. The lowest BCUT2D eigenvalue weighted by molar-refractivity contribution is -0.384. The normalized spacial score (nSPS) is 22.9. The number of nitrogens with zero attached hydrogens (tertiary/aromatic N) is 3. The molecule has 3 aromatic rings. The molecule has 0 radical (unpaired) electrons. The number of nitrogens with one attached hydrogen (secondary N) is 1. The van der Waals surface area contributed by atoms with Crippen molar-refractivity contribution >= 4 is 23.6 Å². The third-order valence-corrected chi connectivity index (χ3v) is 11.6. The lowest BCUT2D eigenvalue weighted by atomic mass is 9.55. The van der Waals surface area contributed by atoms with Crippen LogP contribution >= 0.6 is 0 Å². The summed E-state index contributed by atoms with van der Waals surface area (Å²) in [6.45, 7) is 8.11. The Hall–Kier alpha value is -5.84. The van der Waals surface area contributed by atoms with Gasteiger partial charge in [0.15, 0.2) is 0 Å². The molecule has 2 amide bonds. The summed E-state index contributed by atoms with van der Waals surface area (Å²) in [5, 5.41) is 38.5. The second-order valence-corrected chi connectivity index (χ2v) is 15.5. The average Bonchev–Trinajstić information content (AvgIpc) is 3.26. The van der Waals surface area contributed by atoms with Crippen molar-refractivity contribution in [2.24, 2.45) is 22.9 Å². The number of hydrogen-bond donors (Lipinski definition) is 3. The number of hydrogen-bond acceptors (Lipinski definition) is 12. The van der Waals surface area contributed by atoms with Gasteiger partial charge in [0.1, 0.15) is 35.7 Å². The van der Waals surface area contributed by atoms with E-state index >= 15 is 0 Å². The van der Waals surface area contributed by atoms with E-state index in [4.69, 9.17) is 23.8 Å². The Balaban J connectivity index is 1.59. The number of rotatable bonds is 20. The fourth-order valence-electron chi connectivity index (χ4n) is 9.03. The van der Waals surface area contributed by atoms with Gasteiger partial charge >= 0.3 is 12.2 Å². The second kappa shape index (κ2) is 21.3. The number of allylic oxidation sites excluding steroid dienone is 1. The smallest absolute Gasteiger partial charge is 0.416 e. The summed E-state index contributed by atoms with van der Waals surface area (Å²) in [7, 11) is 0. The largest absolute Gasteiger partial charge is 0.459 e. The highest BCUT2D eigenvalue weighted by atomic mass is 19.1. The lowest BCUT2D eigenvalue weighted by Crippen LogP contribution is -2.70. The van der Waals surface area contributed by atoms with Crippen molar-refractivity contribution in [1.29, 1.82) is 0 Å². The Morgan fingerprint density at radius 3 is 2.39 bits per heavy atom. The summed E-state index contributed by atoms with van der Waals surface area (Å²) in [6.07, 6.45) is 6.38. The van der Waals surface area contributed by atoms with E-state index in [-0.39, 0.29) is 62.7 Å². The van der Waals surface area contributed by atoms with E-state index in [1.807, 2.05) is 13.0 Å². The van der Waals surface area contributed by atoms with Gasteiger partial charge in [0.2, 0.25) is 5.79 Å². The molecule has 3 N–H and O–H groups in total. The van der Waals surface area contributed by atoms with Crippen LogP contribution in [0.2, 0.25) is 0 Å². The number of carbonyl (C=O) groups is 2. The van der Waals surface area contributed by atoms with Gasteiger partial charge in [-0.1, -0.05) is 42.3 Å². The highest BCUT2D eigenvalue weighted by molar-refractivity contribution is 6.03. The Kier molecular flexibility index (Phi) is 15.7. The number of aliphatic hydroxyl groups excluding tert-OH is 2. The van der Waals surface area contributed by atoms with Crippen molar-refractivity contribution in [3.05, 3.63) is 118 Å². The molecule has 0 aromatic heterocycles. The second-order valence-electron chi connectivity index (χ2n) is 15.5. The number of oxime groups is 1. The molecule has 6 unspecified atom stereocenters. The molecule has 1 aliphatic heterocycles. The lowest BCUT2D eigenvalue weighted by Gasteiger charge is -2.59. The molecule has 3 aromatic carbocycles. The molecule has 1 heterocycles. The number of carbonyl (C=O) groups excluding carboxylic acids is 2. The van der Waals surface area contributed by atoms with Crippen molar-refractivity contribution in [2.75, 3.05) is 33.0 Å². The van der Waals surface area contributed by atoms with E-state index in [1.165, 1.54) is 41.3 Å². The van der Waals surface area contributed by atoms with E-state index in [0.717, 1.165) is 24.0 Å². The molecular weight excluding hydrogens is 804 g/mol. The summed E-state index contributed by atoms with van der Waals surface area (Å²) in [5.74, 6) is -2.59. The average molecular weight is 859 g/mol. The molecule has 332 valence electrons. The first-order valence-corrected chi connectivity index (χ1v) is 21.2. The van der Waals surface area contributed by atoms with E-state index in [9.17, 15) is 34.3 Å². The number of aliphatic hydroxyl groups is 2. The molecule has 6 rings (SSSR count). The van der Waals surface area contributed by atoms with E-state index in [1.54, 1.807) is 37.3 Å². The number of nitro benzene ring substituents is 1. The highest BCUT2D eigenvalue weighted by Crippen LogP contribution is 2.62. The number of non-ortho nitro benzene ring substituents is 1. The van der Waals surface area contributed by atoms with Crippen LogP contribution in [0.5, 0.6) is 17.2 Å². The molecule has 2 aliphatic carbocycles. The van der Waals surface area contributed by atoms with Gasteiger partial charge in [0.25, 0.3) is 5.69 Å². The zero-order valence-electron chi connectivity index (χ0n) is 35.1. The van der Waals surface area contributed by atoms with Crippen LogP contribution in [0.1, 0.15) is 75.8 Å². The Morgan fingerprint density at radius 2 is 1.73 bits per heavy atom. The molecule has 0 saturated heterocycles. The van der Waals surface area contributed by atoms with Crippen molar-refractivity contribution in [3.63, 3.8) is 0 Å². The van der Waals surface area contributed by atoms with E-state index < -0.39 is 46.6 Å². The first-order valence-electron chi connectivity index (χ1n) is 21.2. The predicted molar refractivity (Wildman–Crippen MR) is 227 cm³/mol. The topological polar surface area (TPSA) is 192 Å². The number of fused-ring (bicyclic) bond motifs is 2. The van der Waals surface area contributed by atoms with Crippen molar-refractivity contribution in [1.82, 2.24) is 10.2 Å². The minimum atomic E-state index is -1.66. The maximum atomic E-state index is 14.8. The first-order chi connectivity index (χ1) is 30.1. The Bertz CT molecular complexity index is 2100. The number of nitro groups is 1. The quantitative estimate of drug-likeness (QED) is 0.0430. The summed E-state index contributed by atoms with van der Waals surface area (Å²) < 4.78 is 40.2. The van der Waals surface area contributed by atoms with Crippen LogP contribution < -0.4 is 19.5 Å². The molecular formula is C46H55FN4O11. The summed E-state index contributed by atoms with van der Waals surface area (Å²) in [6, 6.07) is 15.0. The molecule has 15 nitrogen and oxygen atoms in total. The molecule has 1 fully saturated rings. The third-order valence-electron chi connectivity index (χ3n) is 11.6. The van der Waals surface area contributed by atoms with Gasteiger partial charge in [-0.25, -0.2) is 14.0 Å². The molecule has 1 saturated carbocycles. The monoisotopic (exact) mass is 858 g/mol. The minimum Gasteiger partial charge on any atom is -0.459 e. The fraction of sp³-hybridized carbons (Fsp3) is 0.457. The van der Waals surface area contributed by atoms with Crippen LogP contribution in [0.3, 0.4) is 0 Å². The zero-order valence-corrected chi connectivity index (χ0v) is 35.1. The van der Waals surface area contributed by atoms with Gasteiger partial charge < -0.3 is 39.3 Å². The van der Waals surface area contributed by atoms with Crippen molar-refractivity contribution in [2.45, 2.75) is 83.1 Å². The number of amides is 2. The SMILES string of the molecule is C=CCOC12Oc3ccc(OC(=O)NCC)cc3C3C(CCCCO)C(CCCCO)C=C(C(=NOCC)CC1N(Cc1ccc(F)cc1)C(=O)Oc1ccc([N+](=O)[O-])cc1)C32. The molecule has 16 heteroatoms. The van der Waals surface area contributed by atoms with Gasteiger partial charge in [-0.3, -0.25) is 15.0 Å². The first kappa shape index (κ1) is 45.7. The van der Waals surface area contributed by atoms with Gasteiger partial charge in [0, 0.05) is 56.3 Å². The van der Waals surface area contributed by atoms with Crippen molar-refractivity contribution < 1.29 is 52.9 Å². The van der Waals surface area contributed by atoms with Gasteiger partial charge in [-0.15, -0.1) is 6.58 Å². The fourth-order valence-corrected chi connectivity index (χ4v) is 9.03. The van der Waals surface area contributed by atoms with Crippen molar-refractivity contribution in [3.8, 4) is 17.2 Å². The summed E-state index contributed by atoms with van der Waals surface area (Å²) in [5.41, 5.74) is 2.46. The van der Waals surface area contributed by atoms with Crippen LogP contribution in [-0.2, 0) is 16.1 Å². The van der Waals surface area contributed by atoms with Crippen LogP contribution in [0, 0.1) is 33.7 Å². The number of unbranched alkanes of at least 4 members (excludes halogenated alkanes) is 2. The molecule has 0 spiro atoms. The van der Waals surface area contributed by atoms with Crippen LogP contribution in [0.4, 0.5) is 19.7 Å². The van der Waals surface area contributed by atoms with Crippen LogP contribution in [0.15, 0.2) is 96.2 Å². The standard InChI is InChI=1S/C46H55FN4O11/c1-4-25-58-46-41(50(29-30-13-15-32(47)16-14-30)45(55)61-34-19-17-33(18-20-34)51(56)57)28-39(49-59-6-3)37-26-31(11-7-9-23-52)36(12-8-10-24-53)42(43(37)46)38-27-35(21-22-40(38)62-46)60-44(54)48-5-2/h4,13-22,26-27,31,36,41-43,52-53H,1,5-12,23-25,28-29H2,2-3H3,(H,48,54). The van der Waals surface area contributed by atoms with Crippen LogP contribution in [-0.4, -0.2) is 82.7 Å². The molecule has 3 aliphatic rings. The zero-order chi connectivity index (χ0) is 44.2. The molecule has 0 bridgehead atoms. The third kappa shape index (κ3) is 10.3. The summed E-state index contributed by atoms with van der Waals surface area (Å²) in [4.78, 5) is 45.7. The predicted octanol–water partition coefficient (Wildman–Crippen LogP) is 8.20. The molecule has 6 atom stereocenters. The van der Waals surface area contributed by atoms with Gasteiger partial charge in [-0.05, 0) is 105 Å². The van der Waals surface area contributed by atoms with Gasteiger partial charge in [-0.2, -0.15) is 0 Å². The maximum absolute atomic E-state index is 14.8. The Morgan fingerprint density at radius 1 is 1.02 bits per heavy atom.